The lowest BCUT2D eigenvalue weighted by Gasteiger charge is -2.11. The molecule has 6 heteroatoms. The highest BCUT2D eigenvalue weighted by Gasteiger charge is 2.09. The summed E-state index contributed by atoms with van der Waals surface area (Å²) in [5.74, 6) is 1.33. The van der Waals surface area contributed by atoms with Gasteiger partial charge in [0.2, 0.25) is 5.75 Å². The molecule has 1 aromatic carbocycles. The molecule has 0 atom stereocenters. The molecule has 3 rings (SSSR count). The van der Waals surface area contributed by atoms with Gasteiger partial charge < -0.3 is 15.8 Å². The fourth-order valence-electron chi connectivity index (χ4n) is 1.86. The van der Waals surface area contributed by atoms with E-state index in [1.807, 2.05) is 6.07 Å². The molecule has 2 aromatic heterocycles. The largest absolute Gasteiger partial charge is 0.490 e. The molecule has 0 saturated heterocycles. The SMILES string of the molecule is COc1c(N)ncnc1Nc1ccc2sccc2c1. The van der Waals surface area contributed by atoms with Crippen molar-refractivity contribution in [2.24, 2.45) is 0 Å². The summed E-state index contributed by atoms with van der Waals surface area (Å²) in [5, 5.41) is 6.45. The number of hydrogen-bond acceptors (Lipinski definition) is 6. The van der Waals surface area contributed by atoms with E-state index in [2.05, 4.69) is 38.9 Å². The highest BCUT2D eigenvalue weighted by molar-refractivity contribution is 7.17. The van der Waals surface area contributed by atoms with Crippen molar-refractivity contribution >= 4 is 38.7 Å². The average Bonchev–Trinajstić information content (AvgIpc) is 2.86. The van der Waals surface area contributed by atoms with Crippen LogP contribution in [-0.2, 0) is 0 Å². The molecule has 5 nitrogen and oxygen atoms in total. The Morgan fingerprint density at radius 1 is 1.26 bits per heavy atom. The molecule has 19 heavy (non-hydrogen) atoms. The van der Waals surface area contributed by atoms with Gasteiger partial charge in [0.25, 0.3) is 0 Å². The van der Waals surface area contributed by atoms with E-state index < -0.39 is 0 Å². The first-order chi connectivity index (χ1) is 9.28. The van der Waals surface area contributed by atoms with Gasteiger partial charge in [0.1, 0.15) is 6.33 Å². The minimum Gasteiger partial charge on any atom is -0.490 e. The van der Waals surface area contributed by atoms with E-state index in [1.54, 1.807) is 18.4 Å². The molecule has 0 fully saturated rings. The van der Waals surface area contributed by atoms with Gasteiger partial charge >= 0.3 is 0 Å². The standard InChI is InChI=1S/C13H12N4OS/c1-18-11-12(14)15-7-16-13(11)17-9-2-3-10-8(6-9)4-5-19-10/h2-7H,1H3,(H3,14,15,16,17). The zero-order valence-corrected chi connectivity index (χ0v) is 11.1. The summed E-state index contributed by atoms with van der Waals surface area (Å²) in [6.45, 7) is 0. The van der Waals surface area contributed by atoms with Gasteiger partial charge in [-0.1, -0.05) is 0 Å². The molecule has 2 heterocycles. The van der Waals surface area contributed by atoms with Crippen molar-refractivity contribution in [2.75, 3.05) is 18.2 Å². The van der Waals surface area contributed by atoms with Gasteiger partial charge in [-0.2, -0.15) is 0 Å². The Hall–Kier alpha value is -2.34. The zero-order chi connectivity index (χ0) is 13.2. The van der Waals surface area contributed by atoms with E-state index in [1.165, 1.54) is 16.4 Å². The van der Waals surface area contributed by atoms with E-state index >= 15 is 0 Å². The third kappa shape index (κ3) is 2.17. The maximum absolute atomic E-state index is 5.75. The zero-order valence-electron chi connectivity index (χ0n) is 10.3. The van der Waals surface area contributed by atoms with E-state index in [4.69, 9.17) is 10.5 Å². The molecule has 0 aliphatic carbocycles. The first-order valence-electron chi connectivity index (χ1n) is 5.66. The molecule has 0 aliphatic heterocycles. The number of aromatic nitrogens is 2. The van der Waals surface area contributed by atoms with Crippen LogP contribution in [0, 0.1) is 0 Å². The number of thiophene rings is 1. The van der Waals surface area contributed by atoms with Gasteiger partial charge in [-0.15, -0.1) is 11.3 Å². The van der Waals surface area contributed by atoms with Crippen LogP contribution in [0.5, 0.6) is 5.75 Å². The molecule has 0 amide bonds. The van der Waals surface area contributed by atoms with Crippen LogP contribution >= 0.6 is 11.3 Å². The Bertz CT molecular complexity index is 725. The summed E-state index contributed by atoms with van der Waals surface area (Å²) in [6, 6.07) is 8.20. The predicted molar refractivity (Wildman–Crippen MR) is 78.1 cm³/mol. The average molecular weight is 272 g/mol. The van der Waals surface area contributed by atoms with Crippen LogP contribution < -0.4 is 15.8 Å². The van der Waals surface area contributed by atoms with Crippen molar-refractivity contribution < 1.29 is 4.74 Å². The van der Waals surface area contributed by atoms with E-state index in [0.29, 0.717) is 17.4 Å². The lowest BCUT2D eigenvalue weighted by molar-refractivity contribution is 0.415. The number of nitrogen functional groups attached to an aromatic ring is 1. The van der Waals surface area contributed by atoms with E-state index in [-0.39, 0.29) is 0 Å². The van der Waals surface area contributed by atoms with Crippen molar-refractivity contribution in [3.05, 3.63) is 36.0 Å². The van der Waals surface area contributed by atoms with Gasteiger partial charge in [0.15, 0.2) is 11.6 Å². The summed E-state index contributed by atoms with van der Waals surface area (Å²) in [7, 11) is 1.54. The van der Waals surface area contributed by atoms with Crippen LogP contribution in [0.25, 0.3) is 10.1 Å². The Labute approximate surface area is 114 Å². The molecule has 3 aromatic rings. The second-order valence-electron chi connectivity index (χ2n) is 3.94. The molecule has 0 saturated carbocycles. The van der Waals surface area contributed by atoms with Gasteiger partial charge in [-0.05, 0) is 35.0 Å². The minimum absolute atomic E-state index is 0.316. The molecule has 0 bridgehead atoms. The Balaban J connectivity index is 1.98. The number of rotatable bonds is 3. The fraction of sp³-hybridized carbons (Fsp3) is 0.0769. The van der Waals surface area contributed by atoms with Crippen LogP contribution in [0.4, 0.5) is 17.3 Å². The Kier molecular flexibility index (Phi) is 2.92. The van der Waals surface area contributed by atoms with Gasteiger partial charge in [0.05, 0.1) is 7.11 Å². The number of anilines is 3. The third-order valence-corrected chi connectivity index (χ3v) is 3.65. The van der Waals surface area contributed by atoms with E-state index in [0.717, 1.165) is 5.69 Å². The first-order valence-corrected chi connectivity index (χ1v) is 6.54. The lowest BCUT2D eigenvalue weighted by atomic mass is 10.2. The second-order valence-corrected chi connectivity index (χ2v) is 4.89. The summed E-state index contributed by atoms with van der Waals surface area (Å²) in [6.07, 6.45) is 1.41. The third-order valence-electron chi connectivity index (χ3n) is 2.75. The van der Waals surface area contributed by atoms with Crippen molar-refractivity contribution in [2.45, 2.75) is 0 Å². The minimum atomic E-state index is 0.316. The van der Waals surface area contributed by atoms with Crippen molar-refractivity contribution in [3.63, 3.8) is 0 Å². The number of ether oxygens (including phenoxy) is 1. The highest BCUT2D eigenvalue weighted by Crippen LogP contribution is 2.31. The molecular formula is C13H12N4OS. The number of benzene rings is 1. The molecule has 0 spiro atoms. The number of nitrogens with one attached hydrogen (secondary N) is 1. The maximum Gasteiger partial charge on any atom is 0.204 e. The fourth-order valence-corrected chi connectivity index (χ4v) is 2.63. The summed E-state index contributed by atoms with van der Waals surface area (Å²) < 4.78 is 6.46. The topological polar surface area (TPSA) is 73.1 Å². The monoisotopic (exact) mass is 272 g/mol. The van der Waals surface area contributed by atoms with Gasteiger partial charge in [-0.25, -0.2) is 9.97 Å². The smallest absolute Gasteiger partial charge is 0.204 e. The van der Waals surface area contributed by atoms with Gasteiger partial charge in [0, 0.05) is 10.4 Å². The Morgan fingerprint density at radius 3 is 3.00 bits per heavy atom. The number of hydrogen-bond donors (Lipinski definition) is 2. The summed E-state index contributed by atoms with van der Waals surface area (Å²) >= 11 is 1.71. The number of methoxy groups -OCH3 is 1. The predicted octanol–water partition coefficient (Wildman–Crippen LogP) is 3.03. The Morgan fingerprint density at radius 2 is 2.16 bits per heavy atom. The van der Waals surface area contributed by atoms with E-state index in [9.17, 15) is 0 Å². The second kappa shape index (κ2) is 4.74. The molecule has 0 radical (unpaired) electrons. The van der Waals surface area contributed by atoms with Crippen LogP contribution in [0.15, 0.2) is 36.0 Å². The molecule has 3 N–H and O–H groups in total. The normalized spacial score (nSPS) is 10.6. The van der Waals surface area contributed by atoms with Crippen LogP contribution in [0.3, 0.4) is 0 Å². The first kappa shape index (κ1) is 11.7. The summed E-state index contributed by atoms with van der Waals surface area (Å²) in [4.78, 5) is 8.05. The lowest BCUT2D eigenvalue weighted by Crippen LogP contribution is -2.02. The highest BCUT2D eigenvalue weighted by atomic mass is 32.1. The van der Waals surface area contributed by atoms with Crippen molar-refractivity contribution in [1.82, 2.24) is 9.97 Å². The van der Waals surface area contributed by atoms with Gasteiger partial charge in [-0.3, -0.25) is 0 Å². The molecule has 96 valence electrons. The number of nitrogens with two attached hydrogens (primary N) is 1. The maximum atomic E-state index is 5.75. The van der Waals surface area contributed by atoms with Crippen LogP contribution in [0.2, 0.25) is 0 Å². The molecular weight excluding hydrogens is 260 g/mol. The van der Waals surface area contributed by atoms with Crippen molar-refractivity contribution in [1.29, 1.82) is 0 Å². The molecule has 0 unspecified atom stereocenters. The number of fused-ring (bicyclic) bond motifs is 1. The quantitative estimate of drug-likeness (QED) is 0.766. The summed E-state index contributed by atoms with van der Waals surface area (Å²) in [5.41, 5.74) is 6.68. The number of nitrogens with zero attached hydrogens (tertiary/aromatic N) is 2. The van der Waals surface area contributed by atoms with Crippen LogP contribution in [0.1, 0.15) is 0 Å². The molecule has 0 aliphatic rings. The van der Waals surface area contributed by atoms with Crippen molar-refractivity contribution in [3.8, 4) is 5.75 Å². The van der Waals surface area contributed by atoms with Crippen LogP contribution in [-0.4, -0.2) is 17.1 Å².